The second-order valence-corrected chi connectivity index (χ2v) is 10.0. The predicted octanol–water partition coefficient (Wildman–Crippen LogP) is 3.70. The Morgan fingerprint density at radius 2 is 1.83 bits per heavy atom. The zero-order chi connectivity index (χ0) is 33.9. The van der Waals surface area contributed by atoms with E-state index in [0.29, 0.717) is 52.0 Å². The number of benzene rings is 3. The van der Waals surface area contributed by atoms with Crippen LogP contribution in [-0.4, -0.2) is 61.9 Å². The molecule has 248 valence electrons. The number of urea groups is 1. The maximum atomic E-state index is 12.4. The van der Waals surface area contributed by atoms with E-state index >= 15 is 0 Å². The van der Waals surface area contributed by atoms with E-state index in [9.17, 15) is 24.8 Å². The number of hydrogen-bond donors (Lipinski definition) is 4. The lowest BCUT2D eigenvalue weighted by molar-refractivity contribution is -0.384. The first-order valence-electron chi connectivity index (χ1n) is 14.4. The predicted molar refractivity (Wildman–Crippen MR) is 169 cm³/mol. The molecule has 1 aliphatic heterocycles. The molecule has 0 aromatic heterocycles. The van der Waals surface area contributed by atoms with Gasteiger partial charge in [-0.2, -0.15) is 5.10 Å². The molecule has 3 aromatic rings. The molecule has 47 heavy (non-hydrogen) atoms. The van der Waals surface area contributed by atoms with E-state index in [-0.39, 0.29) is 24.5 Å². The number of aliphatic hydroxyl groups is 1. The fourth-order valence-electron chi connectivity index (χ4n) is 4.62. The number of nitro benzene ring substituents is 1. The standard InChI is InChI=1S/C32H35N5O10/c1-5-45-27-15-22(30-29(31(39)44-4)19(2)34-32(40)35-30)10-12-25(27)47-18-28(38)36-33-16-20-9-11-24(26(14-20)43-3)46-17-21-7-6-8-23(13-21)37(41)42/h6-16,28,30,36,38H,5,17-18H2,1-4H3,(H2,34,35,40)/b33-16-/t28-,30-/m0/s1. The molecule has 3 aromatic carbocycles. The molecule has 15 heteroatoms. The van der Waals surface area contributed by atoms with Crippen LogP contribution in [0.3, 0.4) is 0 Å². The van der Waals surface area contributed by atoms with Crippen LogP contribution in [0, 0.1) is 10.1 Å². The molecule has 2 amide bonds. The van der Waals surface area contributed by atoms with Crippen molar-refractivity contribution < 1.29 is 43.3 Å². The fraction of sp³-hybridized carbons (Fsp3) is 0.281. The third kappa shape index (κ3) is 8.88. The van der Waals surface area contributed by atoms with Crippen molar-refractivity contribution in [2.75, 3.05) is 27.4 Å². The van der Waals surface area contributed by atoms with Gasteiger partial charge < -0.3 is 39.4 Å². The van der Waals surface area contributed by atoms with Gasteiger partial charge in [0, 0.05) is 17.8 Å². The van der Waals surface area contributed by atoms with Gasteiger partial charge in [-0.25, -0.2) is 9.59 Å². The van der Waals surface area contributed by atoms with Crippen molar-refractivity contribution in [3.8, 4) is 23.0 Å². The highest BCUT2D eigenvalue weighted by Gasteiger charge is 2.32. The minimum Gasteiger partial charge on any atom is -0.493 e. The van der Waals surface area contributed by atoms with Crippen LogP contribution >= 0.6 is 0 Å². The summed E-state index contributed by atoms with van der Waals surface area (Å²) >= 11 is 0. The fourth-order valence-corrected chi connectivity index (χ4v) is 4.62. The van der Waals surface area contributed by atoms with Crippen molar-refractivity contribution >= 4 is 23.9 Å². The Hall–Kier alpha value is -5.83. The highest BCUT2D eigenvalue weighted by Crippen LogP contribution is 2.35. The second-order valence-electron chi connectivity index (χ2n) is 10.0. The topological polar surface area (TPSA) is 192 Å². The Morgan fingerprint density at radius 3 is 2.55 bits per heavy atom. The summed E-state index contributed by atoms with van der Waals surface area (Å²) in [7, 11) is 2.74. The van der Waals surface area contributed by atoms with Gasteiger partial charge in [-0.15, -0.1) is 0 Å². The number of nitrogens with zero attached hydrogens (tertiary/aromatic N) is 2. The van der Waals surface area contributed by atoms with E-state index in [1.54, 1.807) is 62.4 Å². The number of nitrogens with one attached hydrogen (secondary N) is 3. The van der Waals surface area contributed by atoms with Crippen LogP contribution in [0.5, 0.6) is 23.0 Å². The number of rotatable bonds is 15. The number of non-ortho nitro benzene ring substituents is 1. The van der Waals surface area contributed by atoms with Crippen molar-refractivity contribution in [3.05, 3.63) is 98.7 Å². The van der Waals surface area contributed by atoms with Crippen LogP contribution in [0.15, 0.2) is 77.0 Å². The van der Waals surface area contributed by atoms with E-state index in [1.807, 2.05) is 0 Å². The van der Waals surface area contributed by atoms with Crippen LogP contribution < -0.4 is 35.0 Å². The minimum absolute atomic E-state index is 0.0236. The third-order valence-electron chi connectivity index (χ3n) is 6.81. The van der Waals surface area contributed by atoms with Gasteiger partial charge >= 0.3 is 12.0 Å². The lowest BCUT2D eigenvalue weighted by atomic mass is 9.95. The molecule has 0 saturated heterocycles. The summed E-state index contributed by atoms with van der Waals surface area (Å²) in [6, 6.07) is 14.9. The van der Waals surface area contributed by atoms with Crippen LogP contribution in [0.25, 0.3) is 0 Å². The normalized spacial score (nSPS) is 14.9. The minimum atomic E-state index is -1.19. The van der Waals surface area contributed by atoms with Gasteiger partial charge in [0.2, 0.25) is 0 Å². The number of esters is 1. The lowest BCUT2D eigenvalue weighted by Crippen LogP contribution is -2.45. The first-order valence-corrected chi connectivity index (χ1v) is 14.4. The first kappa shape index (κ1) is 34.1. The number of amides is 2. The molecule has 0 saturated carbocycles. The molecule has 1 aliphatic rings. The van der Waals surface area contributed by atoms with Crippen molar-refractivity contribution in [1.29, 1.82) is 0 Å². The number of nitro groups is 1. The number of allylic oxidation sites excluding steroid dienone is 1. The average molecular weight is 650 g/mol. The molecule has 0 radical (unpaired) electrons. The summed E-state index contributed by atoms with van der Waals surface area (Å²) in [5.41, 5.74) is 5.02. The molecular formula is C32H35N5O10. The summed E-state index contributed by atoms with van der Waals surface area (Å²) in [4.78, 5) is 35.2. The molecule has 2 atom stereocenters. The summed E-state index contributed by atoms with van der Waals surface area (Å²) in [6.07, 6.45) is 0.276. The number of carbonyl (C=O) groups is 2. The number of methoxy groups -OCH3 is 2. The van der Waals surface area contributed by atoms with E-state index in [0.717, 1.165) is 0 Å². The molecule has 0 bridgehead atoms. The SMILES string of the molecule is CCOc1cc([C@@H]2NC(=O)NC(C)=C2C(=O)OC)ccc1OC[C@H](O)N/N=C\c1ccc(OCc2cccc([N+](=O)[O-])c2)c(OC)c1. The van der Waals surface area contributed by atoms with Crippen molar-refractivity contribution in [1.82, 2.24) is 16.1 Å². The summed E-state index contributed by atoms with van der Waals surface area (Å²) in [6.45, 7) is 3.63. The Balaban J connectivity index is 1.36. The Labute approximate surface area is 270 Å². The zero-order valence-electron chi connectivity index (χ0n) is 26.1. The maximum Gasteiger partial charge on any atom is 0.337 e. The third-order valence-corrected chi connectivity index (χ3v) is 6.81. The van der Waals surface area contributed by atoms with Gasteiger partial charge in [-0.3, -0.25) is 15.5 Å². The molecule has 0 aliphatic carbocycles. The van der Waals surface area contributed by atoms with Crippen LogP contribution in [0.2, 0.25) is 0 Å². The summed E-state index contributed by atoms with van der Waals surface area (Å²) in [5.74, 6) is 0.933. The van der Waals surface area contributed by atoms with E-state index in [1.165, 1.54) is 32.6 Å². The number of hydrazone groups is 1. The van der Waals surface area contributed by atoms with Crippen molar-refractivity contribution in [3.63, 3.8) is 0 Å². The molecule has 4 N–H and O–H groups in total. The number of aliphatic hydroxyl groups excluding tert-OH is 1. The van der Waals surface area contributed by atoms with Crippen LogP contribution in [0.1, 0.15) is 36.6 Å². The van der Waals surface area contributed by atoms with E-state index in [4.69, 9.17) is 23.7 Å². The highest BCUT2D eigenvalue weighted by molar-refractivity contribution is 5.95. The average Bonchev–Trinajstić information content (AvgIpc) is 3.06. The van der Waals surface area contributed by atoms with Gasteiger partial charge in [-0.1, -0.05) is 18.2 Å². The quantitative estimate of drug-likeness (QED) is 0.0617. The van der Waals surface area contributed by atoms with E-state index < -0.39 is 29.2 Å². The molecule has 0 fully saturated rings. The Bertz CT molecular complexity index is 1680. The molecule has 0 unspecified atom stereocenters. The largest absolute Gasteiger partial charge is 0.493 e. The van der Waals surface area contributed by atoms with Gasteiger partial charge in [-0.05, 0) is 60.9 Å². The summed E-state index contributed by atoms with van der Waals surface area (Å²) < 4.78 is 27.6. The molecule has 1 heterocycles. The van der Waals surface area contributed by atoms with E-state index in [2.05, 4.69) is 21.2 Å². The van der Waals surface area contributed by atoms with Gasteiger partial charge in [0.05, 0.1) is 43.6 Å². The number of ether oxygens (including phenoxy) is 5. The van der Waals surface area contributed by atoms with Gasteiger partial charge in [0.1, 0.15) is 13.2 Å². The number of carbonyl (C=O) groups excluding carboxylic acids is 2. The van der Waals surface area contributed by atoms with Crippen molar-refractivity contribution in [2.24, 2.45) is 5.10 Å². The Kier molecular flexibility index (Phi) is 11.6. The maximum absolute atomic E-state index is 12.4. The van der Waals surface area contributed by atoms with Gasteiger partial charge in [0.15, 0.2) is 29.2 Å². The zero-order valence-corrected chi connectivity index (χ0v) is 26.1. The van der Waals surface area contributed by atoms with Gasteiger partial charge in [0.25, 0.3) is 5.69 Å². The Morgan fingerprint density at radius 1 is 1.06 bits per heavy atom. The van der Waals surface area contributed by atoms with Crippen LogP contribution in [0.4, 0.5) is 10.5 Å². The molecular weight excluding hydrogens is 614 g/mol. The monoisotopic (exact) mass is 649 g/mol. The lowest BCUT2D eigenvalue weighted by Gasteiger charge is -2.28. The number of hydrogen-bond acceptors (Lipinski definition) is 12. The first-order chi connectivity index (χ1) is 22.6. The molecule has 4 rings (SSSR count). The molecule has 15 nitrogen and oxygen atoms in total. The van der Waals surface area contributed by atoms with Crippen molar-refractivity contribution in [2.45, 2.75) is 32.7 Å². The summed E-state index contributed by atoms with van der Waals surface area (Å²) in [5, 5.41) is 30.8. The smallest absolute Gasteiger partial charge is 0.337 e. The molecule has 0 spiro atoms. The van der Waals surface area contributed by atoms with Crippen LogP contribution in [-0.2, 0) is 16.1 Å². The highest BCUT2D eigenvalue weighted by atomic mass is 16.6. The second kappa shape index (κ2) is 15.9.